The minimum atomic E-state index is -0.518. The summed E-state index contributed by atoms with van der Waals surface area (Å²) in [4.78, 5) is 23.8. The fourth-order valence-electron chi connectivity index (χ4n) is 2.68. The molecule has 1 aromatic heterocycles. The summed E-state index contributed by atoms with van der Waals surface area (Å²) in [6.45, 7) is 2.08. The normalized spacial score (nSPS) is 15.7. The maximum atomic E-state index is 12.0. The van der Waals surface area contributed by atoms with Crippen LogP contribution in [0.1, 0.15) is 29.5 Å². The van der Waals surface area contributed by atoms with E-state index in [9.17, 15) is 9.59 Å². The number of halogens is 1. The smallest absolute Gasteiger partial charge is 0.339 e. The number of carbonyl (C=O) groups excluding carboxylic acids is 2. The average molecular weight is 439 g/mol. The van der Waals surface area contributed by atoms with Crippen LogP contribution < -0.4 is 5.43 Å². The summed E-state index contributed by atoms with van der Waals surface area (Å²) in [6, 6.07) is 8.43. The molecule has 3 rings (SSSR count). The number of hydrogen-bond acceptors (Lipinski definition) is 7. The molecule has 1 aromatic carbocycles. The third kappa shape index (κ3) is 5.12. The molecule has 1 aliphatic heterocycles. The second-order valence-electron chi connectivity index (χ2n) is 6.19. The lowest BCUT2D eigenvalue weighted by atomic mass is 10.1. The van der Waals surface area contributed by atoms with Gasteiger partial charge in [0.15, 0.2) is 0 Å². The number of amides is 1. The van der Waals surface area contributed by atoms with Crippen molar-refractivity contribution in [2.45, 2.75) is 17.4 Å². The van der Waals surface area contributed by atoms with Gasteiger partial charge in [-0.3, -0.25) is 4.79 Å². The first kappa shape index (κ1) is 20.8. The molecule has 1 aliphatic rings. The van der Waals surface area contributed by atoms with Crippen LogP contribution in [0.5, 0.6) is 0 Å². The van der Waals surface area contributed by atoms with Crippen molar-refractivity contribution in [3.8, 4) is 11.3 Å². The zero-order chi connectivity index (χ0) is 20.1. The van der Waals surface area contributed by atoms with Gasteiger partial charge in [-0.15, -0.1) is 23.5 Å². The van der Waals surface area contributed by atoms with Crippen LogP contribution in [0.4, 0.5) is 0 Å². The molecule has 1 saturated heterocycles. The molecule has 0 saturated carbocycles. The highest BCUT2D eigenvalue weighted by Gasteiger charge is 2.32. The number of methoxy groups -OCH3 is 1. The fourth-order valence-corrected chi connectivity index (χ4v) is 5.70. The van der Waals surface area contributed by atoms with Crippen LogP contribution >= 0.6 is 35.1 Å². The molecule has 2 aromatic rings. The van der Waals surface area contributed by atoms with E-state index >= 15 is 0 Å². The van der Waals surface area contributed by atoms with Gasteiger partial charge in [0, 0.05) is 17.1 Å². The van der Waals surface area contributed by atoms with E-state index in [0.29, 0.717) is 28.5 Å². The summed E-state index contributed by atoms with van der Waals surface area (Å²) in [6.07, 6.45) is 1.85. The van der Waals surface area contributed by atoms with E-state index in [2.05, 4.69) is 17.5 Å². The van der Waals surface area contributed by atoms with Crippen molar-refractivity contribution in [2.75, 3.05) is 18.6 Å². The molecular weight excluding hydrogens is 420 g/mol. The molecule has 2 heterocycles. The van der Waals surface area contributed by atoms with Gasteiger partial charge in [0.05, 0.1) is 34.4 Å². The van der Waals surface area contributed by atoms with E-state index in [0.717, 1.165) is 11.5 Å². The largest absolute Gasteiger partial charge is 0.465 e. The number of hydrogen-bond donors (Lipinski definition) is 1. The molecular formula is C19H19ClN2O4S2. The molecule has 9 heteroatoms. The highest BCUT2D eigenvalue weighted by atomic mass is 35.5. The van der Waals surface area contributed by atoms with Gasteiger partial charge in [0.2, 0.25) is 5.91 Å². The molecule has 6 nitrogen and oxygen atoms in total. The van der Waals surface area contributed by atoms with Crippen LogP contribution in [-0.4, -0.2) is 40.8 Å². The predicted octanol–water partition coefficient (Wildman–Crippen LogP) is 4.42. The first-order valence-corrected chi connectivity index (χ1v) is 10.8. The Kier molecular flexibility index (Phi) is 6.74. The molecule has 0 spiro atoms. The minimum absolute atomic E-state index is 0.0800. The fraction of sp³-hybridized carbons (Fsp3) is 0.316. The summed E-state index contributed by atoms with van der Waals surface area (Å²) in [5.41, 5.74) is 3.47. The zero-order valence-electron chi connectivity index (χ0n) is 15.4. The molecule has 1 fully saturated rings. The van der Waals surface area contributed by atoms with Gasteiger partial charge >= 0.3 is 5.97 Å². The number of carbonyl (C=O) groups is 2. The van der Waals surface area contributed by atoms with Crippen LogP contribution in [0.25, 0.3) is 11.3 Å². The van der Waals surface area contributed by atoms with Crippen LogP contribution in [0.2, 0.25) is 5.02 Å². The van der Waals surface area contributed by atoms with Crippen molar-refractivity contribution in [3.63, 3.8) is 0 Å². The monoisotopic (exact) mass is 438 g/mol. The van der Waals surface area contributed by atoms with E-state index in [1.54, 1.807) is 53.9 Å². The Hall–Kier alpha value is -1.90. The van der Waals surface area contributed by atoms with Gasteiger partial charge in [-0.05, 0) is 37.3 Å². The molecule has 28 heavy (non-hydrogen) atoms. The van der Waals surface area contributed by atoms with Gasteiger partial charge < -0.3 is 9.15 Å². The molecule has 0 radical (unpaired) electrons. The van der Waals surface area contributed by atoms with E-state index in [1.807, 2.05) is 0 Å². The van der Waals surface area contributed by atoms with Crippen molar-refractivity contribution in [1.29, 1.82) is 0 Å². The van der Waals surface area contributed by atoms with Gasteiger partial charge in [-0.1, -0.05) is 11.6 Å². The number of furan rings is 1. The number of thioether (sulfide) groups is 2. The number of ether oxygens (including phenoxy) is 1. The van der Waals surface area contributed by atoms with Gasteiger partial charge in [0.1, 0.15) is 11.5 Å². The summed E-state index contributed by atoms with van der Waals surface area (Å²) < 4.78 is 10.4. The van der Waals surface area contributed by atoms with Crippen molar-refractivity contribution < 1.29 is 18.7 Å². The Bertz CT molecular complexity index is 907. The third-order valence-corrected chi connectivity index (χ3v) is 7.67. The Morgan fingerprint density at radius 2 is 2.07 bits per heavy atom. The number of esters is 1. The first-order valence-electron chi connectivity index (χ1n) is 8.48. The molecule has 148 valence electrons. The van der Waals surface area contributed by atoms with Crippen molar-refractivity contribution >= 4 is 53.2 Å². The quantitative estimate of drug-likeness (QED) is 0.408. The maximum Gasteiger partial charge on any atom is 0.339 e. The lowest BCUT2D eigenvalue weighted by Gasteiger charge is -2.19. The van der Waals surface area contributed by atoms with Gasteiger partial charge in [0.25, 0.3) is 0 Å². The van der Waals surface area contributed by atoms with Gasteiger partial charge in [-0.2, -0.15) is 5.10 Å². The lowest BCUT2D eigenvalue weighted by molar-refractivity contribution is -0.121. The van der Waals surface area contributed by atoms with Crippen molar-refractivity contribution in [3.05, 3.63) is 46.7 Å². The molecule has 0 bridgehead atoms. The Morgan fingerprint density at radius 1 is 1.32 bits per heavy atom. The first-order chi connectivity index (χ1) is 13.4. The zero-order valence-corrected chi connectivity index (χ0v) is 17.7. The van der Waals surface area contributed by atoms with Crippen molar-refractivity contribution in [2.24, 2.45) is 5.10 Å². The second kappa shape index (κ2) is 9.07. The Labute approximate surface area is 176 Å². The number of nitrogens with one attached hydrogen (secondary N) is 1. The SMILES string of the molecule is COC(=O)c1cc(-c2ccc(/C=N\NC(=O)CC3(C)SCCS3)o2)ccc1Cl. The van der Waals surface area contributed by atoms with Crippen LogP contribution in [0.3, 0.4) is 0 Å². The van der Waals surface area contributed by atoms with E-state index < -0.39 is 5.97 Å². The number of rotatable bonds is 6. The number of benzene rings is 1. The molecule has 0 unspecified atom stereocenters. The van der Waals surface area contributed by atoms with E-state index in [4.69, 9.17) is 20.8 Å². The third-order valence-electron chi connectivity index (χ3n) is 4.04. The minimum Gasteiger partial charge on any atom is -0.465 e. The second-order valence-corrected chi connectivity index (χ2v) is 10.1. The lowest BCUT2D eigenvalue weighted by Crippen LogP contribution is -2.26. The molecule has 1 amide bonds. The van der Waals surface area contributed by atoms with Crippen LogP contribution in [0.15, 0.2) is 39.9 Å². The van der Waals surface area contributed by atoms with E-state index in [1.165, 1.54) is 13.3 Å². The van der Waals surface area contributed by atoms with E-state index in [-0.39, 0.29) is 15.5 Å². The topological polar surface area (TPSA) is 80.9 Å². The molecule has 1 N–H and O–H groups in total. The molecule has 0 aliphatic carbocycles. The highest BCUT2D eigenvalue weighted by molar-refractivity contribution is 8.21. The predicted molar refractivity (Wildman–Crippen MR) is 114 cm³/mol. The summed E-state index contributed by atoms with van der Waals surface area (Å²) >= 11 is 9.63. The summed E-state index contributed by atoms with van der Waals surface area (Å²) in [7, 11) is 1.30. The maximum absolute atomic E-state index is 12.0. The van der Waals surface area contributed by atoms with Crippen molar-refractivity contribution in [1.82, 2.24) is 5.43 Å². The summed E-state index contributed by atoms with van der Waals surface area (Å²) in [5.74, 6) is 2.49. The number of hydrazone groups is 1. The standard InChI is InChI=1S/C19H19ClN2O4S2/c1-19(27-7-8-28-19)10-17(23)22-21-11-13-4-6-16(26-13)12-3-5-15(20)14(9-12)18(24)25-2/h3-6,9,11H,7-8,10H2,1-2H3,(H,22,23)/b21-11-. The van der Waals surface area contributed by atoms with Crippen LogP contribution in [0, 0.1) is 0 Å². The highest BCUT2D eigenvalue weighted by Crippen LogP contribution is 2.45. The number of nitrogens with zero attached hydrogens (tertiary/aromatic N) is 1. The Balaban J connectivity index is 1.63. The Morgan fingerprint density at radius 3 is 2.79 bits per heavy atom. The van der Waals surface area contributed by atoms with Crippen LogP contribution in [-0.2, 0) is 9.53 Å². The summed E-state index contributed by atoms with van der Waals surface area (Å²) in [5, 5.41) is 4.27. The van der Waals surface area contributed by atoms with Gasteiger partial charge in [-0.25, -0.2) is 10.2 Å². The average Bonchev–Trinajstić information content (AvgIpc) is 3.31. The molecule has 0 atom stereocenters.